The van der Waals surface area contributed by atoms with Crippen LogP contribution in [0, 0.1) is 0 Å². The van der Waals surface area contributed by atoms with Crippen molar-refractivity contribution < 1.29 is 4.42 Å². The van der Waals surface area contributed by atoms with E-state index in [-0.39, 0.29) is 0 Å². The number of anilines is 2. The van der Waals surface area contributed by atoms with Crippen LogP contribution in [0.2, 0.25) is 5.02 Å². The molecular weight excluding hydrogens is 340 g/mol. The third-order valence-corrected chi connectivity index (χ3v) is 4.29. The molecule has 5 heteroatoms. The van der Waals surface area contributed by atoms with E-state index in [2.05, 4.69) is 10.6 Å². The van der Waals surface area contributed by atoms with Gasteiger partial charge in [0.05, 0.1) is 10.7 Å². The van der Waals surface area contributed by atoms with Gasteiger partial charge in [-0.05, 0) is 48.6 Å². The van der Waals surface area contributed by atoms with E-state index in [1.54, 1.807) is 0 Å². The number of hydrogen-bond acceptors (Lipinski definition) is 2. The SMILES string of the molecule is S=C(Nc1ccc2oc3ccccc3c2c1)Nc1ccccc1Cl. The van der Waals surface area contributed by atoms with Crippen molar-refractivity contribution in [2.24, 2.45) is 0 Å². The van der Waals surface area contributed by atoms with Crippen LogP contribution < -0.4 is 10.6 Å². The molecule has 0 amide bonds. The topological polar surface area (TPSA) is 37.2 Å². The van der Waals surface area contributed by atoms with E-state index < -0.39 is 0 Å². The molecule has 0 spiro atoms. The molecule has 0 aliphatic carbocycles. The summed E-state index contributed by atoms with van der Waals surface area (Å²) in [6.07, 6.45) is 0. The molecule has 0 aliphatic rings. The first-order valence-electron chi connectivity index (χ1n) is 7.44. The van der Waals surface area contributed by atoms with Crippen molar-refractivity contribution in [2.45, 2.75) is 0 Å². The molecule has 0 saturated carbocycles. The summed E-state index contributed by atoms with van der Waals surface area (Å²) in [6.45, 7) is 0. The molecule has 118 valence electrons. The summed E-state index contributed by atoms with van der Waals surface area (Å²) in [5.74, 6) is 0. The van der Waals surface area contributed by atoms with Gasteiger partial charge in [-0.3, -0.25) is 0 Å². The summed E-state index contributed by atoms with van der Waals surface area (Å²) in [5, 5.41) is 9.53. The van der Waals surface area contributed by atoms with Gasteiger partial charge in [0.25, 0.3) is 0 Å². The number of furan rings is 1. The first kappa shape index (κ1) is 15.0. The lowest BCUT2D eigenvalue weighted by Gasteiger charge is -2.11. The number of benzene rings is 3. The molecule has 4 rings (SSSR count). The summed E-state index contributed by atoms with van der Waals surface area (Å²) in [5.41, 5.74) is 3.39. The zero-order valence-corrected chi connectivity index (χ0v) is 14.1. The monoisotopic (exact) mass is 352 g/mol. The molecule has 0 unspecified atom stereocenters. The van der Waals surface area contributed by atoms with Crippen molar-refractivity contribution >= 4 is 62.2 Å². The fraction of sp³-hybridized carbons (Fsp3) is 0. The Morgan fingerprint density at radius 1 is 0.833 bits per heavy atom. The van der Waals surface area contributed by atoms with Gasteiger partial charge in [-0.15, -0.1) is 0 Å². The van der Waals surface area contributed by atoms with E-state index in [4.69, 9.17) is 28.2 Å². The summed E-state index contributed by atoms with van der Waals surface area (Å²) in [4.78, 5) is 0. The molecule has 1 heterocycles. The van der Waals surface area contributed by atoms with Crippen LogP contribution in [-0.4, -0.2) is 5.11 Å². The molecule has 1 aromatic heterocycles. The Balaban J connectivity index is 1.61. The molecule has 3 nitrogen and oxygen atoms in total. The highest BCUT2D eigenvalue weighted by molar-refractivity contribution is 7.80. The minimum Gasteiger partial charge on any atom is -0.456 e. The predicted octanol–water partition coefficient (Wildman–Crippen LogP) is 6.05. The van der Waals surface area contributed by atoms with Gasteiger partial charge in [-0.1, -0.05) is 41.9 Å². The van der Waals surface area contributed by atoms with E-state index in [0.717, 1.165) is 33.3 Å². The van der Waals surface area contributed by atoms with Crippen LogP contribution in [0.15, 0.2) is 71.1 Å². The van der Waals surface area contributed by atoms with Gasteiger partial charge in [0, 0.05) is 16.5 Å². The Bertz CT molecular complexity index is 1060. The highest BCUT2D eigenvalue weighted by Gasteiger charge is 2.08. The lowest BCUT2D eigenvalue weighted by Crippen LogP contribution is -2.19. The minimum absolute atomic E-state index is 0.482. The average Bonchev–Trinajstić information content (AvgIpc) is 2.95. The van der Waals surface area contributed by atoms with Crippen molar-refractivity contribution in [2.75, 3.05) is 10.6 Å². The van der Waals surface area contributed by atoms with Gasteiger partial charge < -0.3 is 15.1 Å². The minimum atomic E-state index is 0.482. The van der Waals surface area contributed by atoms with Gasteiger partial charge >= 0.3 is 0 Å². The zero-order valence-electron chi connectivity index (χ0n) is 12.5. The first-order chi connectivity index (χ1) is 11.7. The average molecular weight is 353 g/mol. The fourth-order valence-electron chi connectivity index (χ4n) is 2.65. The molecule has 0 atom stereocenters. The third kappa shape index (κ3) is 2.82. The molecule has 2 N–H and O–H groups in total. The third-order valence-electron chi connectivity index (χ3n) is 3.76. The Morgan fingerprint density at radius 3 is 2.46 bits per heavy atom. The number of halogens is 1. The highest BCUT2D eigenvalue weighted by atomic mass is 35.5. The summed E-state index contributed by atoms with van der Waals surface area (Å²) >= 11 is 11.5. The van der Waals surface area contributed by atoms with Gasteiger partial charge in [0.15, 0.2) is 5.11 Å². The maximum absolute atomic E-state index is 6.14. The number of fused-ring (bicyclic) bond motifs is 3. The van der Waals surface area contributed by atoms with E-state index in [1.165, 1.54) is 0 Å². The maximum Gasteiger partial charge on any atom is 0.175 e. The molecular formula is C19H13ClN2OS. The quantitative estimate of drug-likeness (QED) is 0.431. The smallest absolute Gasteiger partial charge is 0.175 e. The number of para-hydroxylation sites is 2. The van der Waals surface area contributed by atoms with Crippen molar-refractivity contribution in [1.82, 2.24) is 0 Å². The second-order valence-corrected chi connectivity index (χ2v) is 6.18. The Morgan fingerprint density at radius 2 is 1.58 bits per heavy atom. The summed E-state index contributed by atoms with van der Waals surface area (Å²) in [6, 6.07) is 21.4. The normalized spacial score (nSPS) is 10.9. The largest absolute Gasteiger partial charge is 0.456 e. The molecule has 0 aliphatic heterocycles. The van der Waals surface area contributed by atoms with Crippen LogP contribution in [0.4, 0.5) is 11.4 Å². The molecule has 3 aromatic carbocycles. The maximum atomic E-state index is 6.14. The molecule has 0 radical (unpaired) electrons. The van der Waals surface area contributed by atoms with Crippen molar-refractivity contribution in [1.29, 1.82) is 0 Å². The van der Waals surface area contributed by atoms with E-state index in [0.29, 0.717) is 10.1 Å². The van der Waals surface area contributed by atoms with Gasteiger partial charge in [0.1, 0.15) is 11.2 Å². The van der Waals surface area contributed by atoms with Crippen molar-refractivity contribution in [3.8, 4) is 0 Å². The molecule has 4 aromatic rings. The van der Waals surface area contributed by atoms with Crippen LogP contribution in [-0.2, 0) is 0 Å². The second-order valence-electron chi connectivity index (χ2n) is 5.37. The second kappa shape index (κ2) is 6.15. The Labute approximate surface area is 149 Å². The number of nitrogens with one attached hydrogen (secondary N) is 2. The number of rotatable bonds is 2. The number of thiocarbonyl (C=S) groups is 1. The first-order valence-corrected chi connectivity index (χ1v) is 8.23. The van der Waals surface area contributed by atoms with Crippen LogP contribution in [0.3, 0.4) is 0 Å². The molecule has 0 bridgehead atoms. The number of hydrogen-bond donors (Lipinski definition) is 2. The summed E-state index contributed by atoms with van der Waals surface area (Å²) in [7, 11) is 0. The standard InChI is InChI=1S/C19H13ClN2OS/c20-15-6-2-3-7-16(15)22-19(24)21-12-9-10-18-14(11-12)13-5-1-4-8-17(13)23-18/h1-11H,(H2,21,22,24). The van der Waals surface area contributed by atoms with Crippen LogP contribution in [0.5, 0.6) is 0 Å². The predicted molar refractivity (Wildman–Crippen MR) is 105 cm³/mol. The summed E-state index contributed by atoms with van der Waals surface area (Å²) < 4.78 is 5.83. The molecule has 24 heavy (non-hydrogen) atoms. The molecule has 0 saturated heterocycles. The van der Waals surface area contributed by atoms with Crippen molar-refractivity contribution in [3.63, 3.8) is 0 Å². The lowest BCUT2D eigenvalue weighted by molar-refractivity contribution is 0.669. The fourth-order valence-corrected chi connectivity index (χ4v) is 3.06. The Hall–Kier alpha value is -2.56. The van der Waals surface area contributed by atoms with E-state index in [9.17, 15) is 0 Å². The van der Waals surface area contributed by atoms with E-state index in [1.807, 2.05) is 66.7 Å². The van der Waals surface area contributed by atoms with Gasteiger partial charge in [0.2, 0.25) is 0 Å². The van der Waals surface area contributed by atoms with E-state index >= 15 is 0 Å². The highest BCUT2D eigenvalue weighted by Crippen LogP contribution is 2.30. The van der Waals surface area contributed by atoms with Crippen molar-refractivity contribution in [3.05, 3.63) is 71.8 Å². The lowest BCUT2D eigenvalue weighted by atomic mass is 10.1. The molecule has 0 fully saturated rings. The Kier molecular flexibility index (Phi) is 3.84. The van der Waals surface area contributed by atoms with Crippen LogP contribution >= 0.6 is 23.8 Å². The van der Waals surface area contributed by atoms with Gasteiger partial charge in [-0.2, -0.15) is 0 Å². The van der Waals surface area contributed by atoms with Crippen LogP contribution in [0.25, 0.3) is 21.9 Å². The zero-order chi connectivity index (χ0) is 16.5. The van der Waals surface area contributed by atoms with Crippen LogP contribution in [0.1, 0.15) is 0 Å². The van der Waals surface area contributed by atoms with Gasteiger partial charge in [-0.25, -0.2) is 0 Å².